The van der Waals surface area contributed by atoms with Crippen LogP contribution < -0.4 is 11.1 Å². The summed E-state index contributed by atoms with van der Waals surface area (Å²) in [5.74, 6) is -2.77. The summed E-state index contributed by atoms with van der Waals surface area (Å²) in [5, 5.41) is 20.4. The molecule has 0 aromatic heterocycles. The summed E-state index contributed by atoms with van der Waals surface area (Å²) in [7, 11) is 0. The van der Waals surface area contributed by atoms with Gasteiger partial charge in [0.05, 0.1) is 0 Å². The minimum Gasteiger partial charge on any atom is -0.480 e. The van der Waals surface area contributed by atoms with Crippen LogP contribution in [0.3, 0.4) is 0 Å². The van der Waals surface area contributed by atoms with Gasteiger partial charge in [0.25, 0.3) is 0 Å². The van der Waals surface area contributed by atoms with Crippen LogP contribution in [0, 0.1) is 11.8 Å². The van der Waals surface area contributed by atoms with E-state index in [2.05, 4.69) is 5.32 Å². The van der Waals surface area contributed by atoms with Crippen molar-refractivity contribution in [1.29, 1.82) is 0 Å². The number of benzene rings is 1. The second-order valence-electron chi connectivity index (χ2n) is 5.86. The highest BCUT2D eigenvalue weighted by Gasteiger charge is 2.48. The fourth-order valence-corrected chi connectivity index (χ4v) is 2.62. The maximum Gasteiger partial charge on any atom is 0.408 e. The first-order valence-electron chi connectivity index (χ1n) is 7.57. The van der Waals surface area contributed by atoms with Gasteiger partial charge in [-0.15, -0.1) is 0 Å². The first-order valence-corrected chi connectivity index (χ1v) is 7.57. The average molecular weight is 336 g/mol. The van der Waals surface area contributed by atoms with E-state index in [-0.39, 0.29) is 24.9 Å². The molecule has 8 heteroatoms. The Morgan fingerprint density at radius 1 is 1.21 bits per heavy atom. The van der Waals surface area contributed by atoms with E-state index in [1.165, 1.54) is 0 Å². The summed E-state index contributed by atoms with van der Waals surface area (Å²) >= 11 is 0. The molecule has 1 amide bonds. The van der Waals surface area contributed by atoms with Gasteiger partial charge < -0.3 is 26.0 Å². The summed E-state index contributed by atoms with van der Waals surface area (Å²) in [6.45, 7) is 0.0387. The predicted octanol–water partition coefficient (Wildman–Crippen LogP) is 0.804. The molecule has 0 aliphatic heterocycles. The van der Waals surface area contributed by atoms with E-state index in [0.29, 0.717) is 6.42 Å². The van der Waals surface area contributed by atoms with Gasteiger partial charge in [-0.2, -0.15) is 0 Å². The highest BCUT2D eigenvalue weighted by molar-refractivity contribution is 5.80. The molecular weight excluding hydrogens is 316 g/mol. The molecule has 0 unspecified atom stereocenters. The Bertz CT molecular complexity index is 606. The number of alkyl carbamates (subject to hydrolysis) is 1. The van der Waals surface area contributed by atoms with Gasteiger partial charge in [-0.1, -0.05) is 30.3 Å². The topological polar surface area (TPSA) is 139 Å². The van der Waals surface area contributed by atoms with Crippen molar-refractivity contribution in [3.8, 4) is 0 Å². The van der Waals surface area contributed by atoms with Crippen LogP contribution in [-0.4, -0.2) is 40.3 Å². The van der Waals surface area contributed by atoms with Crippen molar-refractivity contribution >= 4 is 18.0 Å². The summed E-state index contributed by atoms with van der Waals surface area (Å²) in [6.07, 6.45) is -0.124. The zero-order valence-corrected chi connectivity index (χ0v) is 12.9. The highest BCUT2D eigenvalue weighted by atomic mass is 16.5. The van der Waals surface area contributed by atoms with Crippen LogP contribution in [0.1, 0.15) is 18.4 Å². The molecule has 0 spiro atoms. The van der Waals surface area contributed by atoms with Crippen LogP contribution in [0.2, 0.25) is 0 Å². The Morgan fingerprint density at radius 2 is 1.88 bits per heavy atom. The van der Waals surface area contributed by atoms with Crippen molar-refractivity contribution in [2.24, 2.45) is 17.6 Å². The smallest absolute Gasteiger partial charge is 0.408 e. The molecule has 1 aromatic rings. The molecule has 1 aliphatic rings. The van der Waals surface area contributed by atoms with Gasteiger partial charge in [0.1, 0.15) is 18.7 Å². The van der Waals surface area contributed by atoms with E-state index in [1.54, 1.807) is 24.3 Å². The maximum absolute atomic E-state index is 11.8. The van der Waals surface area contributed by atoms with Crippen LogP contribution in [0.5, 0.6) is 0 Å². The zero-order valence-electron chi connectivity index (χ0n) is 12.9. The molecule has 2 rings (SSSR count). The molecule has 0 saturated heterocycles. The average Bonchev–Trinajstić information content (AvgIpc) is 3.30. The van der Waals surface area contributed by atoms with Crippen molar-refractivity contribution in [2.45, 2.75) is 31.5 Å². The quantitative estimate of drug-likeness (QED) is 0.550. The standard InChI is InChI=1S/C16H20N2O6/c17-12(14(19)20)7-10-6-11(10)13(15(21)22)18-16(23)24-8-9-4-2-1-3-5-9/h1-5,10-13H,6-8,17H2,(H,18,23)(H,19,20)(H,21,22)/t10-,11+,12-,13+/m0/s1. The van der Waals surface area contributed by atoms with Crippen molar-refractivity contribution in [2.75, 3.05) is 0 Å². The SMILES string of the molecule is N[C@@H](C[C@@H]1C[C@H]1[C@@H](NC(=O)OCc1ccccc1)C(=O)O)C(=O)O. The Balaban J connectivity index is 1.82. The molecular formula is C16H20N2O6. The van der Waals surface area contributed by atoms with E-state index < -0.39 is 30.1 Å². The lowest BCUT2D eigenvalue weighted by Crippen LogP contribution is -2.43. The van der Waals surface area contributed by atoms with E-state index in [0.717, 1.165) is 5.56 Å². The van der Waals surface area contributed by atoms with Crippen LogP contribution in [0.15, 0.2) is 30.3 Å². The lowest BCUT2D eigenvalue weighted by atomic mass is 10.1. The predicted molar refractivity (Wildman–Crippen MR) is 83.0 cm³/mol. The number of amides is 1. The molecule has 0 heterocycles. The second-order valence-corrected chi connectivity index (χ2v) is 5.86. The van der Waals surface area contributed by atoms with Crippen LogP contribution in [0.25, 0.3) is 0 Å². The molecule has 1 aliphatic carbocycles. The second kappa shape index (κ2) is 7.78. The van der Waals surface area contributed by atoms with Gasteiger partial charge in [0.2, 0.25) is 0 Å². The van der Waals surface area contributed by atoms with Gasteiger partial charge in [0, 0.05) is 0 Å². The Labute approximate surface area is 138 Å². The van der Waals surface area contributed by atoms with E-state index in [4.69, 9.17) is 15.6 Å². The Hall–Kier alpha value is -2.61. The summed E-state index contributed by atoms with van der Waals surface area (Å²) in [5.41, 5.74) is 6.24. The van der Waals surface area contributed by atoms with Crippen molar-refractivity contribution in [1.82, 2.24) is 5.32 Å². The van der Waals surface area contributed by atoms with Gasteiger partial charge in [-0.05, 0) is 30.2 Å². The van der Waals surface area contributed by atoms with Gasteiger partial charge >= 0.3 is 18.0 Å². The molecule has 8 nitrogen and oxygen atoms in total. The monoisotopic (exact) mass is 336 g/mol. The number of nitrogens with one attached hydrogen (secondary N) is 1. The lowest BCUT2D eigenvalue weighted by Gasteiger charge is -2.15. The zero-order chi connectivity index (χ0) is 17.7. The highest BCUT2D eigenvalue weighted by Crippen LogP contribution is 2.44. The number of carboxylic acids is 2. The number of carbonyl (C=O) groups excluding carboxylic acids is 1. The number of carbonyl (C=O) groups is 3. The maximum atomic E-state index is 11.8. The first-order chi connectivity index (χ1) is 11.4. The minimum absolute atomic E-state index is 0.0387. The third-order valence-corrected chi connectivity index (χ3v) is 4.03. The fourth-order valence-electron chi connectivity index (χ4n) is 2.62. The summed E-state index contributed by atoms with van der Waals surface area (Å²) in [6, 6.07) is 6.87. The molecule has 4 atom stereocenters. The number of aliphatic carboxylic acids is 2. The van der Waals surface area contributed by atoms with E-state index in [1.807, 2.05) is 6.07 Å². The normalized spacial score (nSPS) is 21.4. The van der Waals surface area contributed by atoms with Gasteiger partial charge in [-0.25, -0.2) is 9.59 Å². The third kappa shape index (κ3) is 4.95. The van der Waals surface area contributed by atoms with Crippen LogP contribution in [0.4, 0.5) is 4.79 Å². The molecule has 0 radical (unpaired) electrons. The van der Waals surface area contributed by atoms with E-state index in [9.17, 15) is 19.5 Å². The van der Waals surface area contributed by atoms with Crippen molar-refractivity contribution in [3.05, 3.63) is 35.9 Å². The van der Waals surface area contributed by atoms with Gasteiger partial charge in [-0.3, -0.25) is 4.79 Å². The Morgan fingerprint density at radius 3 is 2.46 bits per heavy atom. The number of ether oxygens (including phenoxy) is 1. The number of rotatable bonds is 8. The lowest BCUT2D eigenvalue weighted by molar-refractivity contribution is -0.140. The molecule has 1 saturated carbocycles. The van der Waals surface area contributed by atoms with Gasteiger partial charge in [0.15, 0.2) is 0 Å². The molecule has 130 valence electrons. The first kappa shape index (κ1) is 17.7. The number of hydrogen-bond donors (Lipinski definition) is 4. The molecule has 0 bridgehead atoms. The molecule has 5 N–H and O–H groups in total. The van der Waals surface area contributed by atoms with Crippen molar-refractivity contribution < 1.29 is 29.3 Å². The number of nitrogens with two attached hydrogens (primary N) is 1. The third-order valence-electron chi connectivity index (χ3n) is 4.03. The van der Waals surface area contributed by atoms with Crippen molar-refractivity contribution in [3.63, 3.8) is 0 Å². The summed E-state index contributed by atoms with van der Waals surface area (Å²) < 4.78 is 5.01. The van der Waals surface area contributed by atoms with Crippen LogP contribution >= 0.6 is 0 Å². The number of carboxylic acid groups (broad SMARTS) is 2. The molecule has 1 aromatic carbocycles. The Kier molecular flexibility index (Phi) is 5.75. The molecule has 24 heavy (non-hydrogen) atoms. The van der Waals surface area contributed by atoms with Crippen LogP contribution in [-0.2, 0) is 20.9 Å². The fraction of sp³-hybridized carbons (Fsp3) is 0.438. The van der Waals surface area contributed by atoms with E-state index >= 15 is 0 Å². The number of hydrogen-bond acceptors (Lipinski definition) is 5. The summed E-state index contributed by atoms with van der Waals surface area (Å²) in [4.78, 5) is 33.9. The minimum atomic E-state index is -1.18. The molecule has 1 fully saturated rings. The largest absolute Gasteiger partial charge is 0.480 e.